The van der Waals surface area contributed by atoms with Crippen LogP contribution in [-0.2, 0) is 7.59 Å². The Hall–Kier alpha value is -1.27. The molecule has 0 bridgehead atoms. The van der Waals surface area contributed by atoms with Gasteiger partial charge in [0.15, 0.2) is 17.5 Å². The van der Waals surface area contributed by atoms with Crippen LogP contribution in [0.1, 0.15) is 22.8 Å². The van der Waals surface area contributed by atoms with Gasteiger partial charge in [0.2, 0.25) is 7.59 Å². The van der Waals surface area contributed by atoms with Gasteiger partial charge in [0, 0.05) is 5.56 Å². The van der Waals surface area contributed by atoms with Crippen LogP contribution in [0, 0.1) is 0 Å². The van der Waals surface area contributed by atoms with Gasteiger partial charge >= 0.3 is 0 Å². The molecule has 0 saturated carbocycles. The van der Waals surface area contributed by atoms with Gasteiger partial charge in [-0.25, -0.2) is 15.0 Å². The van der Waals surface area contributed by atoms with E-state index < -0.39 is 7.59 Å². The average molecular weight is 524 g/mol. The first-order chi connectivity index (χ1) is 14.1. The van der Waals surface area contributed by atoms with Gasteiger partial charge in [0.05, 0.1) is 7.11 Å². The van der Waals surface area contributed by atoms with Gasteiger partial charge in [-0.1, -0.05) is 118 Å². The first-order valence-corrected chi connectivity index (χ1v) is 10.7. The third-order valence-electron chi connectivity index (χ3n) is 3.92. The Balaban J connectivity index is 2.07. The molecular formula is C20H13Cl6N3O. The standard InChI is InChI=1S/C20H13Cl6N3O/c1-30-14-10-7-12(8-11-14)6-9-13-4-2-3-5-15(13)16-27-17(19(21,22)23)29-18(28-16)20(24,25)26/h2-11H,1H3. The fourth-order valence-electron chi connectivity index (χ4n) is 2.50. The van der Waals surface area contributed by atoms with E-state index in [1.165, 1.54) is 0 Å². The topological polar surface area (TPSA) is 47.9 Å². The highest BCUT2D eigenvalue weighted by molar-refractivity contribution is 6.67. The van der Waals surface area contributed by atoms with Crippen molar-refractivity contribution in [2.24, 2.45) is 0 Å². The third kappa shape index (κ3) is 5.91. The summed E-state index contributed by atoms with van der Waals surface area (Å²) in [6.45, 7) is 0. The second kappa shape index (κ2) is 9.47. The maximum absolute atomic E-state index is 5.97. The molecule has 0 aliphatic carbocycles. The van der Waals surface area contributed by atoms with Crippen LogP contribution in [0.3, 0.4) is 0 Å². The first-order valence-electron chi connectivity index (χ1n) is 8.40. The van der Waals surface area contributed by atoms with E-state index in [2.05, 4.69) is 15.0 Å². The zero-order valence-corrected chi connectivity index (χ0v) is 19.8. The molecule has 10 heteroatoms. The van der Waals surface area contributed by atoms with Crippen molar-refractivity contribution in [2.75, 3.05) is 7.11 Å². The minimum absolute atomic E-state index is 0.146. The van der Waals surface area contributed by atoms with Crippen LogP contribution in [0.2, 0.25) is 0 Å². The predicted octanol–water partition coefficient (Wildman–Crippen LogP) is 7.37. The lowest BCUT2D eigenvalue weighted by molar-refractivity contribution is 0.415. The second-order valence-electron chi connectivity index (χ2n) is 6.00. The zero-order valence-electron chi connectivity index (χ0n) is 15.3. The molecule has 1 aromatic heterocycles. The highest BCUT2D eigenvalue weighted by Crippen LogP contribution is 2.41. The van der Waals surface area contributed by atoms with Crippen molar-refractivity contribution < 1.29 is 4.74 Å². The normalized spacial score (nSPS) is 12.4. The van der Waals surface area contributed by atoms with E-state index in [1.807, 2.05) is 60.7 Å². The second-order valence-corrected chi connectivity index (χ2v) is 10.6. The number of ether oxygens (including phenoxy) is 1. The van der Waals surface area contributed by atoms with Crippen LogP contribution >= 0.6 is 69.6 Å². The molecule has 0 spiro atoms. The van der Waals surface area contributed by atoms with Crippen LogP contribution in [0.15, 0.2) is 48.5 Å². The van der Waals surface area contributed by atoms with Crippen LogP contribution in [0.4, 0.5) is 0 Å². The van der Waals surface area contributed by atoms with Crippen LogP contribution in [0.25, 0.3) is 23.5 Å². The molecule has 2 aromatic carbocycles. The molecule has 0 radical (unpaired) electrons. The highest BCUT2D eigenvalue weighted by atomic mass is 35.6. The Morgan fingerprint density at radius 3 is 1.83 bits per heavy atom. The number of rotatable bonds is 4. The molecule has 3 rings (SSSR count). The Bertz CT molecular complexity index is 1030. The van der Waals surface area contributed by atoms with Gasteiger partial charge in [-0.3, -0.25) is 0 Å². The molecule has 0 aliphatic rings. The molecule has 0 aliphatic heterocycles. The lowest BCUT2D eigenvalue weighted by Gasteiger charge is -2.16. The van der Waals surface area contributed by atoms with Crippen molar-refractivity contribution in [3.05, 3.63) is 71.3 Å². The largest absolute Gasteiger partial charge is 0.497 e. The summed E-state index contributed by atoms with van der Waals surface area (Å²) >= 11 is 35.8. The van der Waals surface area contributed by atoms with Gasteiger partial charge in [0.25, 0.3) is 0 Å². The number of aromatic nitrogens is 3. The van der Waals surface area contributed by atoms with E-state index in [0.717, 1.165) is 16.9 Å². The minimum Gasteiger partial charge on any atom is -0.497 e. The summed E-state index contributed by atoms with van der Waals surface area (Å²) in [5.74, 6) is 0.694. The van der Waals surface area contributed by atoms with Crippen molar-refractivity contribution in [3.8, 4) is 17.1 Å². The van der Waals surface area contributed by atoms with E-state index in [1.54, 1.807) is 7.11 Å². The van der Waals surface area contributed by atoms with Crippen LogP contribution < -0.4 is 4.74 Å². The number of benzene rings is 2. The lowest BCUT2D eigenvalue weighted by atomic mass is 10.0. The Labute approximate surface area is 203 Å². The molecule has 0 saturated heterocycles. The van der Waals surface area contributed by atoms with Crippen molar-refractivity contribution >= 4 is 81.8 Å². The average Bonchev–Trinajstić information content (AvgIpc) is 2.71. The van der Waals surface area contributed by atoms with Crippen molar-refractivity contribution in [3.63, 3.8) is 0 Å². The smallest absolute Gasteiger partial charge is 0.250 e. The van der Waals surface area contributed by atoms with E-state index in [0.29, 0.717) is 5.56 Å². The van der Waals surface area contributed by atoms with Crippen LogP contribution in [-0.4, -0.2) is 22.1 Å². The molecule has 0 unspecified atom stereocenters. The maximum Gasteiger partial charge on any atom is 0.250 e. The molecule has 4 nitrogen and oxygen atoms in total. The van der Waals surface area contributed by atoms with Gasteiger partial charge in [-0.15, -0.1) is 0 Å². The molecule has 0 fully saturated rings. The van der Waals surface area contributed by atoms with Crippen LogP contribution in [0.5, 0.6) is 5.75 Å². The molecule has 3 aromatic rings. The third-order valence-corrected chi connectivity index (χ3v) is 4.93. The van der Waals surface area contributed by atoms with Gasteiger partial charge in [-0.05, 0) is 23.3 Å². The van der Waals surface area contributed by atoms with E-state index in [-0.39, 0.29) is 17.5 Å². The predicted molar refractivity (Wildman–Crippen MR) is 126 cm³/mol. The summed E-state index contributed by atoms with van der Waals surface area (Å²) in [6.07, 6.45) is 3.84. The molecule has 0 amide bonds. The summed E-state index contributed by atoms with van der Waals surface area (Å²) < 4.78 is 1.33. The lowest BCUT2D eigenvalue weighted by Crippen LogP contribution is -2.17. The summed E-state index contributed by atoms with van der Waals surface area (Å²) in [4.78, 5) is 12.6. The molecular weight excluding hydrogens is 511 g/mol. The van der Waals surface area contributed by atoms with E-state index in [4.69, 9.17) is 74.3 Å². The summed E-state index contributed by atoms with van der Waals surface area (Å²) in [6, 6.07) is 15.0. The monoisotopic (exact) mass is 521 g/mol. The first kappa shape index (κ1) is 23.4. The zero-order chi connectivity index (χ0) is 21.9. The molecule has 0 atom stereocenters. The Kier molecular flexibility index (Phi) is 7.39. The molecule has 0 N–H and O–H groups in total. The number of halogens is 6. The number of nitrogens with zero attached hydrogens (tertiary/aromatic N) is 3. The molecule has 1 heterocycles. The van der Waals surface area contributed by atoms with Crippen molar-refractivity contribution in [1.82, 2.24) is 15.0 Å². The minimum atomic E-state index is -1.92. The fourth-order valence-corrected chi connectivity index (χ4v) is 3.00. The Morgan fingerprint density at radius 2 is 1.30 bits per heavy atom. The molecule has 156 valence electrons. The quantitative estimate of drug-likeness (QED) is 0.264. The summed E-state index contributed by atoms with van der Waals surface area (Å²) in [7, 11) is 1.62. The van der Waals surface area contributed by atoms with E-state index >= 15 is 0 Å². The Morgan fingerprint density at radius 1 is 0.733 bits per heavy atom. The SMILES string of the molecule is COc1ccc(C=Cc2ccccc2-c2nc(C(Cl)(Cl)Cl)nc(C(Cl)(Cl)Cl)n2)cc1. The number of alkyl halides is 6. The van der Waals surface area contributed by atoms with Crippen molar-refractivity contribution in [1.29, 1.82) is 0 Å². The van der Waals surface area contributed by atoms with Crippen molar-refractivity contribution in [2.45, 2.75) is 7.59 Å². The maximum atomic E-state index is 5.97. The fraction of sp³-hybridized carbons (Fsp3) is 0.150. The molecule has 30 heavy (non-hydrogen) atoms. The van der Waals surface area contributed by atoms with Gasteiger partial charge < -0.3 is 4.74 Å². The summed E-state index contributed by atoms with van der Waals surface area (Å²) in [5.41, 5.74) is 2.44. The summed E-state index contributed by atoms with van der Waals surface area (Å²) in [5, 5.41) is 0. The highest BCUT2D eigenvalue weighted by Gasteiger charge is 2.34. The number of hydrogen-bond acceptors (Lipinski definition) is 4. The number of hydrogen-bond donors (Lipinski definition) is 0. The number of methoxy groups -OCH3 is 1. The van der Waals surface area contributed by atoms with E-state index in [9.17, 15) is 0 Å². The van der Waals surface area contributed by atoms with Gasteiger partial charge in [-0.2, -0.15) is 0 Å². The van der Waals surface area contributed by atoms with Gasteiger partial charge in [0.1, 0.15) is 5.75 Å².